The molecule has 5 rings (SSSR count). The van der Waals surface area contributed by atoms with E-state index in [0.717, 1.165) is 5.56 Å². The summed E-state index contributed by atoms with van der Waals surface area (Å²) in [6.07, 6.45) is 1.69. The second-order valence-corrected chi connectivity index (χ2v) is 9.47. The zero-order valence-electron chi connectivity index (χ0n) is 23.2. The first kappa shape index (κ1) is 28.1. The van der Waals surface area contributed by atoms with Crippen molar-refractivity contribution in [3.8, 4) is 11.5 Å². The molecular weight excluding hydrogens is 540 g/mol. The van der Waals surface area contributed by atoms with E-state index in [1.54, 1.807) is 81.6 Å². The number of ether oxygens (including phenoxy) is 3. The highest BCUT2D eigenvalue weighted by Crippen LogP contribution is 2.31. The Bertz CT molecular complexity index is 1850. The van der Waals surface area contributed by atoms with Crippen molar-refractivity contribution in [3.63, 3.8) is 0 Å². The van der Waals surface area contributed by atoms with Crippen LogP contribution in [-0.4, -0.2) is 34.2 Å². The molecule has 4 aromatic rings. The van der Waals surface area contributed by atoms with Gasteiger partial charge in [-0.3, -0.25) is 19.5 Å². The Morgan fingerprint density at radius 1 is 1.10 bits per heavy atom. The Labute approximate surface area is 240 Å². The molecule has 0 saturated carbocycles. The molecule has 1 aromatic heterocycles. The molecule has 214 valence electrons. The van der Waals surface area contributed by atoms with Crippen LogP contribution in [0.1, 0.15) is 36.6 Å². The number of imidazole rings is 1. The van der Waals surface area contributed by atoms with Crippen LogP contribution in [0.4, 0.5) is 5.69 Å². The van der Waals surface area contributed by atoms with Gasteiger partial charge in [-0.05, 0) is 73.0 Å². The van der Waals surface area contributed by atoms with Crippen LogP contribution in [0.25, 0.3) is 6.08 Å². The first-order valence-corrected chi connectivity index (χ1v) is 13.2. The number of aromatic nitrogens is 2. The Morgan fingerprint density at radius 3 is 2.50 bits per heavy atom. The summed E-state index contributed by atoms with van der Waals surface area (Å²) in [7, 11) is 1.56. The minimum absolute atomic E-state index is 0.0102. The fraction of sp³-hybridized carbons (Fsp3) is 0.194. The highest BCUT2D eigenvalue weighted by molar-refractivity contribution is 5.91. The van der Waals surface area contributed by atoms with Crippen molar-refractivity contribution in [2.45, 2.75) is 26.5 Å². The van der Waals surface area contributed by atoms with Crippen LogP contribution in [-0.2, 0) is 16.1 Å². The average molecular weight is 569 g/mol. The maximum absolute atomic E-state index is 13.8. The number of carbonyl (C=O) groups is 1. The second-order valence-electron chi connectivity index (χ2n) is 9.47. The summed E-state index contributed by atoms with van der Waals surface area (Å²) in [5.41, 5.74) is 2.86. The number of fused-ring (bicyclic) bond motifs is 1. The van der Waals surface area contributed by atoms with Crippen LogP contribution < -0.4 is 26.0 Å². The standard InChI is InChI=1S/C31H28N4O7/c1-4-41-30(37)27-19(2)32-31-33-26(29(36)34(31)28(27)22-10-14-24(40-3)15-11-22)17-21-6-5-7-25(16-21)42-18-20-8-12-23(13-9-20)35(38)39/h5-17,28H,4,18H2,1-3H3,(H,32,33). The lowest BCUT2D eigenvalue weighted by Gasteiger charge is -2.24. The van der Waals surface area contributed by atoms with Crippen LogP contribution in [0.3, 0.4) is 0 Å². The van der Waals surface area contributed by atoms with Crippen molar-refractivity contribution < 1.29 is 23.9 Å². The molecule has 0 fully saturated rings. The normalized spacial score (nSPS) is 14.6. The average Bonchev–Trinajstić information content (AvgIpc) is 3.29. The number of benzene rings is 3. The van der Waals surface area contributed by atoms with Gasteiger partial charge in [0.2, 0.25) is 5.62 Å². The number of aromatic amines is 1. The predicted molar refractivity (Wildman–Crippen MR) is 154 cm³/mol. The molecule has 11 heteroatoms. The van der Waals surface area contributed by atoms with E-state index in [9.17, 15) is 19.7 Å². The van der Waals surface area contributed by atoms with Gasteiger partial charge in [0, 0.05) is 12.1 Å². The number of nitrogens with one attached hydrogen (secondary N) is 1. The van der Waals surface area contributed by atoms with Crippen molar-refractivity contribution in [3.05, 3.63) is 132 Å². The third-order valence-electron chi connectivity index (χ3n) is 6.77. The van der Waals surface area contributed by atoms with Gasteiger partial charge in [0.1, 0.15) is 23.5 Å². The molecule has 3 aromatic carbocycles. The second kappa shape index (κ2) is 12.0. The highest BCUT2D eigenvalue weighted by Gasteiger charge is 2.33. The highest BCUT2D eigenvalue weighted by atomic mass is 16.6. The molecule has 0 bridgehead atoms. The number of esters is 1. The largest absolute Gasteiger partial charge is 0.497 e. The third kappa shape index (κ3) is 5.71. The maximum Gasteiger partial charge on any atom is 0.338 e. The van der Waals surface area contributed by atoms with Crippen LogP contribution in [0.2, 0.25) is 0 Å². The molecule has 1 aliphatic rings. The van der Waals surface area contributed by atoms with Crippen molar-refractivity contribution in [2.75, 3.05) is 13.7 Å². The summed E-state index contributed by atoms with van der Waals surface area (Å²) < 4.78 is 18.0. The number of rotatable bonds is 9. The van der Waals surface area contributed by atoms with E-state index in [1.807, 2.05) is 6.07 Å². The Kier molecular flexibility index (Phi) is 8.00. The van der Waals surface area contributed by atoms with Gasteiger partial charge in [-0.2, -0.15) is 0 Å². The van der Waals surface area contributed by atoms with Gasteiger partial charge in [-0.1, -0.05) is 24.3 Å². The number of non-ortho nitro benzene ring substituents is 1. The summed E-state index contributed by atoms with van der Waals surface area (Å²) in [6, 6.07) is 19.7. The summed E-state index contributed by atoms with van der Waals surface area (Å²) in [5.74, 6) is 0.659. The Hall–Kier alpha value is -5.45. The van der Waals surface area contributed by atoms with Gasteiger partial charge in [0.15, 0.2) is 0 Å². The number of hydrogen-bond donors (Lipinski definition) is 1. The molecule has 0 spiro atoms. The number of carbonyl (C=O) groups excluding carboxylic acids is 1. The van der Waals surface area contributed by atoms with E-state index >= 15 is 0 Å². The van der Waals surface area contributed by atoms with Crippen molar-refractivity contribution in [1.82, 2.24) is 9.55 Å². The van der Waals surface area contributed by atoms with E-state index in [2.05, 4.69) is 9.98 Å². The lowest BCUT2D eigenvalue weighted by atomic mass is 9.96. The molecule has 11 nitrogen and oxygen atoms in total. The van der Waals surface area contributed by atoms with Gasteiger partial charge in [0.25, 0.3) is 11.2 Å². The van der Waals surface area contributed by atoms with Gasteiger partial charge in [0.05, 0.1) is 36.0 Å². The molecule has 2 heterocycles. The van der Waals surface area contributed by atoms with Crippen molar-refractivity contribution >= 4 is 17.7 Å². The van der Waals surface area contributed by atoms with E-state index in [0.29, 0.717) is 33.9 Å². The van der Waals surface area contributed by atoms with Crippen LogP contribution in [0.15, 0.2) is 93.9 Å². The summed E-state index contributed by atoms with van der Waals surface area (Å²) >= 11 is 0. The lowest BCUT2D eigenvalue weighted by Crippen LogP contribution is -2.40. The molecule has 1 aliphatic heterocycles. The van der Waals surface area contributed by atoms with Gasteiger partial charge in [-0.15, -0.1) is 0 Å². The topological polar surface area (TPSA) is 138 Å². The van der Waals surface area contributed by atoms with E-state index < -0.39 is 16.9 Å². The summed E-state index contributed by atoms with van der Waals surface area (Å²) in [4.78, 5) is 44.9. The smallest absolute Gasteiger partial charge is 0.338 e. The Balaban J connectivity index is 1.50. The predicted octanol–water partition coefficient (Wildman–Crippen LogP) is 3.56. The zero-order chi connectivity index (χ0) is 29.8. The number of hydrogen-bond acceptors (Lipinski definition) is 8. The first-order valence-electron chi connectivity index (χ1n) is 13.2. The van der Waals surface area contributed by atoms with E-state index in [4.69, 9.17) is 14.2 Å². The summed E-state index contributed by atoms with van der Waals surface area (Å²) in [6.45, 7) is 3.83. The number of nitro groups is 1. The first-order chi connectivity index (χ1) is 20.3. The molecule has 0 saturated heterocycles. The van der Waals surface area contributed by atoms with Gasteiger partial charge < -0.3 is 19.2 Å². The third-order valence-corrected chi connectivity index (χ3v) is 6.77. The monoisotopic (exact) mass is 568 g/mol. The molecule has 0 amide bonds. The molecule has 1 N–H and O–H groups in total. The van der Waals surface area contributed by atoms with Crippen molar-refractivity contribution in [2.24, 2.45) is 4.99 Å². The minimum Gasteiger partial charge on any atom is -0.497 e. The van der Waals surface area contributed by atoms with Crippen LogP contribution in [0, 0.1) is 10.1 Å². The fourth-order valence-electron chi connectivity index (χ4n) is 4.74. The molecule has 42 heavy (non-hydrogen) atoms. The minimum atomic E-state index is -0.760. The fourth-order valence-corrected chi connectivity index (χ4v) is 4.74. The lowest BCUT2D eigenvalue weighted by molar-refractivity contribution is -0.384. The quantitative estimate of drug-likeness (QED) is 0.185. The molecule has 1 unspecified atom stereocenters. The SMILES string of the molecule is CCOC(=O)C1=C(C)N=c2[nH]c(=Cc3cccc(OCc4ccc([N+](=O)[O-])cc4)c3)c(=O)n2C1c1ccc(OC)cc1. The van der Waals surface area contributed by atoms with Gasteiger partial charge in [-0.25, -0.2) is 9.79 Å². The molecular formula is C31H28N4O7. The van der Waals surface area contributed by atoms with E-state index in [-0.39, 0.29) is 35.4 Å². The number of nitrogens with zero attached hydrogens (tertiary/aromatic N) is 3. The number of allylic oxidation sites excluding steroid dienone is 1. The number of methoxy groups -OCH3 is 1. The van der Waals surface area contributed by atoms with Crippen LogP contribution >= 0.6 is 0 Å². The Morgan fingerprint density at radius 2 is 1.83 bits per heavy atom. The van der Waals surface area contributed by atoms with Crippen molar-refractivity contribution in [1.29, 1.82) is 0 Å². The zero-order valence-corrected chi connectivity index (χ0v) is 23.2. The molecule has 1 atom stereocenters. The molecule has 0 radical (unpaired) electrons. The van der Waals surface area contributed by atoms with Crippen LogP contribution in [0.5, 0.6) is 11.5 Å². The van der Waals surface area contributed by atoms with Gasteiger partial charge >= 0.3 is 5.97 Å². The molecule has 0 aliphatic carbocycles. The number of H-pyrrole nitrogens is 1. The maximum atomic E-state index is 13.8. The van der Waals surface area contributed by atoms with E-state index in [1.165, 1.54) is 16.7 Å². The summed E-state index contributed by atoms with van der Waals surface area (Å²) in [5, 5.41) is 11.2. The number of nitro benzene ring substituents is 1.